The zero-order valence-electron chi connectivity index (χ0n) is 10.7. The van der Waals surface area contributed by atoms with Gasteiger partial charge in [0, 0.05) is 6.54 Å². The SMILES string of the molecule is CNS(=O)(=O)CCNc1ccccc1S(=O)(=O)NC. The molecule has 0 aromatic heterocycles. The van der Waals surface area contributed by atoms with Gasteiger partial charge in [0.2, 0.25) is 20.0 Å². The summed E-state index contributed by atoms with van der Waals surface area (Å²) in [7, 11) is -4.25. The third-order valence-corrected chi connectivity index (χ3v) is 5.28. The summed E-state index contributed by atoms with van der Waals surface area (Å²) in [5.41, 5.74) is 0.364. The number of rotatable bonds is 7. The van der Waals surface area contributed by atoms with E-state index in [0.717, 1.165) is 0 Å². The van der Waals surface area contributed by atoms with Crippen LogP contribution in [0.25, 0.3) is 0 Å². The van der Waals surface area contributed by atoms with Gasteiger partial charge in [0.1, 0.15) is 4.90 Å². The van der Waals surface area contributed by atoms with Gasteiger partial charge >= 0.3 is 0 Å². The van der Waals surface area contributed by atoms with Gasteiger partial charge in [-0.2, -0.15) is 0 Å². The van der Waals surface area contributed by atoms with E-state index >= 15 is 0 Å². The zero-order valence-corrected chi connectivity index (χ0v) is 12.3. The molecular weight excluding hydrogens is 290 g/mol. The number of benzene rings is 1. The van der Waals surface area contributed by atoms with Gasteiger partial charge in [0.15, 0.2) is 0 Å². The molecule has 0 heterocycles. The van der Waals surface area contributed by atoms with Crippen LogP contribution in [0.1, 0.15) is 0 Å². The molecule has 0 amide bonds. The molecule has 0 saturated heterocycles. The average molecular weight is 307 g/mol. The second-order valence-electron chi connectivity index (χ2n) is 3.65. The minimum absolute atomic E-state index is 0.0827. The van der Waals surface area contributed by atoms with Gasteiger partial charge in [-0.1, -0.05) is 12.1 Å². The summed E-state index contributed by atoms with van der Waals surface area (Å²) in [5, 5.41) is 2.81. The van der Waals surface area contributed by atoms with Gasteiger partial charge in [-0.3, -0.25) is 0 Å². The summed E-state index contributed by atoms with van der Waals surface area (Å²) in [6, 6.07) is 6.29. The van der Waals surface area contributed by atoms with E-state index in [2.05, 4.69) is 14.8 Å². The maximum atomic E-state index is 11.8. The molecule has 19 heavy (non-hydrogen) atoms. The lowest BCUT2D eigenvalue weighted by molar-refractivity contribution is 0.588. The van der Waals surface area contributed by atoms with Crippen molar-refractivity contribution >= 4 is 25.7 Å². The fourth-order valence-electron chi connectivity index (χ4n) is 1.38. The van der Waals surface area contributed by atoms with E-state index in [1.54, 1.807) is 18.2 Å². The number of para-hydroxylation sites is 1. The minimum Gasteiger partial charge on any atom is -0.383 e. The maximum Gasteiger partial charge on any atom is 0.242 e. The molecular formula is C10H17N3O4S2. The molecule has 108 valence electrons. The molecule has 0 spiro atoms. The number of sulfonamides is 2. The van der Waals surface area contributed by atoms with Crippen molar-refractivity contribution in [2.75, 3.05) is 31.7 Å². The third-order valence-electron chi connectivity index (χ3n) is 2.44. The summed E-state index contributed by atoms with van der Waals surface area (Å²) in [5.74, 6) is -0.141. The first-order valence-electron chi connectivity index (χ1n) is 5.50. The van der Waals surface area contributed by atoms with E-state index in [1.165, 1.54) is 20.2 Å². The molecule has 9 heteroatoms. The lowest BCUT2D eigenvalue weighted by Crippen LogP contribution is -2.27. The van der Waals surface area contributed by atoms with Crippen LogP contribution in [0.3, 0.4) is 0 Å². The van der Waals surface area contributed by atoms with E-state index in [0.29, 0.717) is 5.69 Å². The molecule has 7 nitrogen and oxygen atoms in total. The molecule has 0 unspecified atom stereocenters. The molecule has 3 N–H and O–H groups in total. The average Bonchev–Trinajstić information content (AvgIpc) is 2.39. The highest BCUT2D eigenvalue weighted by atomic mass is 32.2. The summed E-state index contributed by atoms with van der Waals surface area (Å²) >= 11 is 0. The quantitative estimate of drug-likeness (QED) is 0.633. The summed E-state index contributed by atoms with van der Waals surface area (Å²) in [6.45, 7) is 0.111. The Morgan fingerprint density at radius 2 is 1.63 bits per heavy atom. The monoisotopic (exact) mass is 307 g/mol. The highest BCUT2D eigenvalue weighted by molar-refractivity contribution is 7.89. The molecule has 0 bridgehead atoms. The van der Waals surface area contributed by atoms with Crippen molar-refractivity contribution in [3.63, 3.8) is 0 Å². The van der Waals surface area contributed by atoms with Gasteiger partial charge < -0.3 is 5.32 Å². The summed E-state index contributed by atoms with van der Waals surface area (Å²) in [6.07, 6.45) is 0. The highest BCUT2D eigenvalue weighted by Gasteiger charge is 2.16. The standard InChI is InChI=1S/C10H17N3O4S2/c1-11-18(14,15)8-7-13-9-5-3-4-6-10(9)19(16,17)12-2/h3-6,11-13H,7-8H2,1-2H3. The Balaban J connectivity index is 2.86. The van der Waals surface area contributed by atoms with Crippen molar-refractivity contribution in [1.82, 2.24) is 9.44 Å². The molecule has 0 atom stereocenters. The lowest BCUT2D eigenvalue weighted by Gasteiger charge is -2.11. The Morgan fingerprint density at radius 1 is 1.00 bits per heavy atom. The minimum atomic E-state index is -3.58. The van der Waals surface area contributed by atoms with Gasteiger partial charge in [-0.05, 0) is 26.2 Å². The predicted octanol–water partition coefficient (Wildman–Crippen LogP) is -0.444. The van der Waals surface area contributed by atoms with Crippen molar-refractivity contribution in [2.24, 2.45) is 0 Å². The Hall–Kier alpha value is -1.16. The molecule has 0 fully saturated rings. The van der Waals surface area contributed by atoms with Crippen molar-refractivity contribution in [3.8, 4) is 0 Å². The van der Waals surface area contributed by atoms with Crippen molar-refractivity contribution < 1.29 is 16.8 Å². The van der Waals surface area contributed by atoms with Crippen LogP contribution in [0.5, 0.6) is 0 Å². The van der Waals surface area contributed by atoms with Crippen LogP contribution in [-0.2, 0) is 20.0 Å². The van der Waals surface area contributed by atoms with Crippen LogP contribution in [0.15, 0.2) is 29.2 Å². The smallest absolute Gasteiger partial charge is 0.242 e. The van der Waals surface area contributed by atoms with Crippen molar-refractivity contribution in [3.05, 3.63) is 24.3 Å². The van der Waals surface area contributed by atoms with Gasteiger partial charge in [0.05, 0.1) is 11.4 Å². The van der Waals surface area contributed by atoms with Crippen LogP contribution >= 0.6 is 0 Å². The summed E-state index contributed by atoms with van der Waals surface area (Å²) in [4.78, 5) is 0.0827. The van der Waals surface area contributed by atoms with Crippen molar-refractivity contribution in [2.45, 2.75) is 4.90 Å². The van der Waals surface area contributed by atoms with Gasteiger partial charge in [0.25, 0.3) is 0 Å². The molecule has 1 rings (SSSR count). The second-order valence-corrected chi connectivity index (χ2v) is 7.55. The van der Waals surface area contributed by atoms with E-state index in [4.69, 9.17) is 0 Å². The van der Waals surface area contributed by atoms with E-state index < -0.39 is 20.0 Å². The number of hydrogen-bond donors (Lipinski definition) is 3. The van der Waals surface area contributed by atoms with E-state index in [-0.39, 0.29) is 17.2 Å². The van der Waals surface area contributed by atoms with Crippen LogP contribution in [0, 0.1) is 0 Å². The normalized spacial score (nSPS) is 12.3. The van der Waals surface area contributed by atoms with Crippen LogP contribution in [-0.4, -0.2) is 43.2 Å². The molecule has 1 aromatic carbocycles. The number of hydrogen-bond acceptors (Lipinski definition) is 5. The van der Waals surface area contributed by atoms with Crippen molar-refractivity contribution in [1.29, 1.82) is 0 Å². The lowest BCUT2D eigenvalue weighted by atomic mass is 10.3. The second kappa shape index (κ2) is 6.33. The van der Waals surface area contributed by atoms with Crippen LogP contribution in [0.2, 0.25) is 0 Å². The molecule has 0 saturated carbocycles. The van der Waals surface area contributed by atoms with Crippen LogP contribution < -0.4 is 14.8 Å². The highest BCUT2D eigenvalue weighted by Crippen LogP contribution is 2.19. The largest absolute Gasteiger partial charge is 0.383 e. The Morgan fingerprint density at radius 3 is 2.21 bits per heavy atom. The van der Waals surface area contributed by atoms with Gasteiger partial charge in [-0.15, -0.1) is 0 Å². The first-order chi connectivity index (χ1) is 8.82. The number of nitrogens with one attached hydrogen (secondary N) is 3. The Labute approximate surface area is 113 Å². The molecule has 1 aromatic rings. The zero-order chi connectivity index (χ0) is 14.5. The van der Waals surface area contributed by atoms with Gasteiger partial charge in [-0.25, -0.2) is 26.3 Å². The fourth-order valence-corrected chi connectivity index (χ4v) is 2.86. The van der Waals surface area contributed by atoms with E-state index in [1.807, 2.05) is 0 Å². The predicted molar refractivity (Wildman–Crippen MR) is 74.0 cm³/mol. The molecule has 0 aliphatic carbocycles. The van der Waals surface area contributed by atoms with Crippen LogP contribution in [0.4, 0.5) is 5.69 Å². The van der Waals surface area contributed by atoms with E-state index in [9.17, 15) is 16.8 Å². The third kappa shape index (κ3) is 4.46. The summed E-state index contributed by atoms with van der Waals surface area (Å²) < 4.78 is 50.4. The maximum absolute atomic E-state index is 11.8. The Bertz CT molecular complexity index is 626. The topological polar surface area (TPSA) is 104 Å². The first kappa shape index (κ1) is 15.9. The molecule has 0 aliphatic heterocycles. The number of anilines is 1. The molecule has 0 aliphatic rings. The fraction of sp³-hybridized carbons (Fsp3) is 0.400. The first-order valence-corrected chi connectivity index (χ1v) is 8.63. The Kier molecular flexibility index (Phi) is 5.29. The molecule has 0 radical (unpaired) electrons.